The Balaban J connectivity index is 2.18. The van der Waals surface area contributed by atoms with E-state index in [-0.39, 0.29) is 12.2 Å². The predicted molar refractivity (Wildman–Crippen MR) is 63.6 cm³/mol. The first-order valence-corrected chi connectivity index (χ1v) is 5.67. The van der Waals surface area contributed by atoms with Crippen LogP contribution in [0.3, 0.4) is 0 Å². The quantitative estimate of drug-likeness (QED) is 0.887. The summed E-state index contributed by atoms with van der Waals surface area (Å²) in [6, 6.07) is 5.41. The molecule has 6 heteroatoms. The van der Waals surface area contributed by atoms with Gasteiger partial charge in [-0.3, -0.25) is 4.79 Å². The van der Waals surface area contributed by atoms with Crippen LogP contribution >= 0.6 is 27.5 Å². The first kappa shape index (κ1) is 11.3. The molecule has 1 aromatic heterocycles. The lowest BCUT2D eigenvalue weighted by atomic mass is 10.1. The molecule has 0 aliphatic carbocycles. The number of rotatable bonds is 3. The van der Waals surface area contributed by atoms with Gasteiger partial charge in [-0.2, -0.15) is 15.4 Å². The van der Waals surface area contributed by atoms with Crippen molar-refractivity contribution >= 4 is 33.3 Å². The van der Waals surface area contributed by atoms with Gasteiger partial charge >= 0.3 is 0 Å². The van der Waals surface area contributed by atoms with Crippen LogP contribution in [-0.4, -0.2) is 21.2 Å². The Kier molecular flexibility index (Phi) is 3.36. The van der Waals surface area contributed by atoms with Crippen molar-refractivity contribution in [1.82, 2.24) is 15.4 Å². The maximum absolute atomic E-state index is 11.7. The first-order chi connectivity index (χ1) is 7.66. The second-order valence-electron chi connectivity index (χ2n) is 3.19. The highest BCUT2D eigenvalue weighted by Crippen LogP contribution is 2.22. The normalized spacial score (nSPS) is 10.4. The second kappa shape index (κ2) is 4.76. The van der Waals surface area contributed by atoms with Crippen LogP contribution in [0.4, 0.5) is 0 Å². The molecule has 0 aliphatic heterocycles. The van der Waals surface area contributed by atoms with Gasteiger partial charge in [0.15, 0.2) is 5.78 Å². The van der Waals surface area contributed by atoms with Crippen LogP contribution in [0.25, 0.3) is 0 Å². The number of H-pyrrole nitrogens is 1. The van der Waals surface area contributed by atoms with Crippen molar-refractivity contribution < 1.29 is 4.79 Å². The smallest absolute Gasteiger partial charge is 0.189 e. The molecule has 1 N–H and O–H groups in total. The molecule has 4 nitrogen and oxygen atoms in total. The molecule has 0 saturated carbocycles. The number of halogens is 2. The van der Waals surface area contributed by atoms with Crippen molar-refractivity contribution in [3.05, 3.63) is 45.1 Å². The summed E-state index contributed by atoms with van der Waals surface area (Å²) >= 11 is 9.31. The van der Waals surface area contributed by atoms with E-state index in [2.05, 4.69) is 31.3 Å². The molecular weight excluding hydrogens is 293 g/mol. The van der Waals surface area contributed by atoms with Crippen molar-refractivity contribution in [3.8, 4) is 0 Å². The van der Waals surface area contributed by atoms with Crippen LogP contribution in [-0.2, 0) is 6.42 Å². The number of hydrogen-bond acceptors (Lipinski definition) is 3. The zero-order chi connectivity index (χ0) is 11.5. The molecule has 2 rings (SSSR count). The van der Waals surface area contributed by atoms with Crippen molar-refractivity contribution in [2.45, 2.75) is 6.42 Å². The van der Waals surface area contributed by atoms with Gasteiger partial charge in [0.1, 0.15) is 5.69 Å². The number of Topliss-reactive ketones (excluding diaryl/α,β-unsaturated/α-hetero) is 1. The molecule has 0 radical (unpaired) electrons. The number of carbonyl (C=O) groups is 1. The van der Waals surface area contributed by atoms with Crippen LogP contribution in [0.2, 0.25) is 5.02 Å². The number of hydrogen-bond donors (Lipinski definition) is 1. The van der Waals surface area contributed by atoms with Gasteiger partial charge in [-0.05, 0) is 17.7 Å². The number of nitrogens with one attached hydrogen (secondary N) is 1. The standard InChI is InChI=1S/C10H7BrClN3O/c11-7-2-1-6(8(12)4-7)3-10(16)9-5-13-15-14-9/h1-2,4-5H,3H2,(H,13,14,15). The Morgan fingerprint density at radius 3 is 2.94 bits per heavy atom. The zero-order valence-corrected chi connectivity index (χ0v) is 10.4. The van der Waals surface area contributed by atoms with E-state index in [4.69, 9.17) is 11.6 Å². The van der Waals surface area contributed by atoms with Crippen molar-refractivity contribution in [1.29, 1.82) is 0 Å². The average Bonchev–Trinajstić information content (AvgIpc) is 2.75. The van der Waals surface area contributed by atoms with Gasteiger partial charge in [0.25, 0.3) is 0 Å². The molecule has 0 unspecified atom stereocenters. The molecular formula is C10H7BrClN3O. The summed E-state index contributed by atoms with van der Waals surface area (Å²) < 4.78 is 0.884. The minimum atomic E-state index is -0.113. The lowest BCUT2D eigenvalue weighted by molar-refractivity contribution is 0.0988. The number of nitrogens with zero attached hydrogens (tertiary/aromatic N) is 2. The van der Waals surface area contributed by atoms with Gasteiger partial charge in [-0.25, -0.2) is 0 Å². The van der Waals surface area contributed by atoms with Crippen molar-refractivity contribution in [2.24, 2.45) is 0 Å². The lowest BCUT2D eigenvalue weighted by Gasteiger charge is -2.02. The van der Waals surface area contributed by atoms with Gasteiger partial charge in [0.2, 0.25) is 0 Å². The van der Waals surface area contributed by atoms with Crippen LogP contribution in [0.1, 0.15) is 16.1 Å². The summed E-state index contributed by atoms with van der Waals surface area (Å²) in [7, 11) is 0. The van der Waals surface area contributed by atoms with E-state index in [1.807, 2.05) is 12.1 Å². The number of carbonyl (C=O) groups excluding carboxylic acids is 1. The molecule has 82 valence electrons. The summed E-state index contributed by atoms with van der Waals surface area (Å²) in [4.78, 5) is 11.7. The minimum absolute atomic E-state index is 0.113. The van der Waals surface area contributed by atoms with Gasteiger partial charge in [0, 0.05) is 15.9 Å². The second-order valence-corrected chi connectivity index (χ2v) is 4.51. The Hall–Kier alpha value is -1.20. The van der Waals surface area contributed by atoms with Crippen LogP contribution in [0, 0.1) is 0 Å². The largest absolute Gasteiger partial charge is 0.292 e. The van der Waals surface area contributed by atoms with E-state index in [1.54, 1.807) is 6.07 Å². The van der Waals surface area contributed by atoms with Crippen LogP contribution in [0.15, 0.2) is 28.9 Å². The summed E-state index contributed by atoms with van der Waals surface area (Å²) in [6.07, 6.45) is 1.62. The molecule has 2 aromatic rings. The highest BCUT2D eigenvalue weighted by Gasteiger charge is 2.11. The Labute approximate surface area is 105 Å². The molecule has 0 amide bonds. The Morgan fingerprint density at radius 2 is 2.31 bits per heavy atom. The van der Waals surface area contributed by atoms with E-state index in [0.717, 1.165) is 10.0 Å². The zero-order valence-electron chi connectivity index (χ0n) is 8.08. The average molecular weight is 301 g/mol. The molecule has 16 heavy (non-hydrogen) atoms. The molecule has 0 fully saturated rings. The third-order valence-electron chi connectivity index (χ3n) is 2.07. The molecule has 0 aliphatic rings. The third kappa shape index (κ3) is 2.48. The lowest BCUT2D eigenvalue weighted by Crippen LogP contribution is -2.04. The molecule has 0 atom stereocenters. The van der Waals surface area contributed by atoms with Crippen molar-refractivity contribution in [3.63, 3.8) is 0 Å². The van der Waals surface area contributed by atoms with Gasteiger partial charge in [-0.1, -0.05) is 33.6 Å². The predicted octanol–water partition coefficient (Wildman–Crippen LogP) is 2.65. The fourth-order valence-electron chi connectivity index (χ4n) is 1.26. The summed E-state index contributed by atoms with van der Waals surface area (Å²) in [5, 5.41) is 10.3. The molecule has 1 heterocycles. The monoisotopic (exact) mass is 299 g/mol. The fourth-order valence-corrected chi connectivity index (χ4v) is 2.00. The maximum Gasteiger partial charge on any atom is 0.189 e. The van der Waals surface area contributed by atoms with Crippen molar-refractivity contribution in [2.75, 3.05) is 0 Å². The van der Waals surface area contributed by atoms with E-state index >= 15 is 0 Å². The molecule has 0 spiro atoms. The molecule has 0 bridgehead atoms. The Morgan fingerprint density at radius 1 is 1.50 bits per heavy atom. The van der Waals surface area contributed by atoms with E-state index in [0.29, 0.717) is 10.7 Å². The number of ketones is 1. The topological polar surface area (TPSA) is 58.6 Å². The minimum Gasteiger partial charge on any atom is -0.292 e. The third-order valence-corrected chi connectivity index (χ3v) is 2.91. The van der Waals surface area contributed by atoms with E-state index in [9.17, 15) is 4.79 Å². The van der Waals surface area contributed by atoms with E-state index in [1.165, 1.54) is 6.20 Å². The maximum atomic E-state index is 11.7. The SMILES string of the molecule is O=C(Cc1ccc(Br)cc1Cl)c1cn[nH]n1. The number of aromatic amines is 1. The van der Waals surface area contributed by atoms with Crippen LogP contribution in [0.5, 0.6) is 0 Å². The number of aromatic nitrogens is 3. The molecule has 1 aromatic carbocycles. The van der Waals surface area contributed by atoms with Crippen LogP contribution < -0.4 is 0 Å². The van der Waals surface area contributed by atoms with Gasteiger partial charge < -0.3 is 0 Å². The fraction of sp³-hybridized carbons (Fsp3) is 0.100. The summed E-state index contributed by atoms with van der Waals surface area (Å²) in [6.45, 7) is 0. The number of benzene rings is 1. The van der Waals surface area contributed by atoms with Gasteiger partial charge in [-0.15, -0.1) is 0 Å². The highest BCUT2D eigenvalue weighted by molar-refractivity contribution is 9.10. The first-order valence-electron chi connectivity index (χ1n) is 4.49. The Bertz CT molecular complexity index is 513. The summed E-state index contributed by atoms with van der Waals surface area (Å²) in [5.41, 5.74) is 1.09. The van der Waals surface area contributed by atoms with E-state index < -0.39 is 0 Å². The molecule has 0 saturated heterocycles. The highest BCUT2D eigenvalue weighted by atomic mass is 79.9. The summed E-state index contributed by atoms with van der Waals surface area (Å²) in [5.74, 6) is -0.113. The van der Waals surface area contributed by atoms with Gasteiger partial charge in [0.05, 0.1) is 6.20 Å².